The number of thioether (sulfide) groups is 1. The van der Waals surface area contributed by atoms with E-state index in [9.17, 15) is 0 Å². The van der Waals surface area contributed by atoms with Gasteiger partial charge in [0.1, 0.15) is 0 Å². The van der Waals surface area contributed by atoms with Gasteiger partial charge in [0.25, 0.3) is 0 Å². The highest BCUT2D eigenvalue weighted by Crippen LogP contribution is 2.25. The molecule has 0 bridgehead atoms. The van der Waals surface area contributed by atoms with Crippen molar-refractivity contribution in [1.82, 2.24) is 5.32 Å². The van der Waals surface area contributed by atoms with Crippen LogP contribution in [0.25, 0.3) is 0 Å². The molecule has 0 radical (unpaired) electrons. The van der Waals surface area contributed by atoms with Gasteiger partial charge < -0.3 is 14.8 Å². The maximum Gasteiger partial charge on any atom is 0.169 e. The predicted molar refractivity (Wildman–Crippen MR) is 56.1 cm³/mol. The van der Waals surface area contributed by atoms with Gasteiger partial charge in [0, 0.05) is 37.8 Å². The van der Waals surface area contributed by atoms with Crippen molar-refractivity contribution in [3.05, 3.63) is 0 Å². The number of hydrogen-bond acceptors (Lipinski definition) is 4. The topological polar surface area (TPSA) is 30.5 Å². The zero-order valence-electron chi connectivity index (χ0n) is 8.58. The number of rotatable bonds is 5. The van der Waals surface area contributed by atoms with E-state index in [1.165, 1.54) is 12.2 Å². The number of ether oxygens (including phenoxy) is 2. The Morgan fingerprint density at radius 2 is 2.15 bits per heavy atom. The predicted octanol–water partition coefficient (Wildman–Crippen LogP) is 1.09. The lowest BCUT2D eigenvalue weighted by Gasteiger charge is -2.17. The van der Waals surface area contributed by atoms with E-state index in [0.717, 1.165) is 11.8 Å². The lowest BCUT2D eigenvalue weighted by molar-refractivity contribution is -0.0996. The van der Waals surface area contributed by atoms with Gasteiger partial charge in [-0.25, -0.2) is 0 Å². The Hall–Kier alpha value is 0.230. The Kier molecular flexibility index (Phi) is 5.09. The Balaban J connectivity index is 2.11. The van der Waals surface area contributed by atoms with Crippen molar-refractivity contribution < 1.29 is 9.47 Å². The summed E-state index contributed by atoms with van der Waals surface area (Å²) < 4.78 is 10.2. The zero-order valence-corrected chi connectivity index (χ0v) is 9.39. The molecule has 2 atom stereocenters. The fourth-order valence-corrected chi connectivity index (χ4v) is 2.67. The summed E-state index contributed by atoms with van der Waals surface area (Å²) in [7, 11) is 3.34. The standard InChI is InChI=1S/C9H19NO2S/c1-7-4-8(6-13-7)10-5-9(11-2)12-3/h7-10H,4-6H2,1-3H3. The van der Waals surface area contributed by atoms with Crippen LogP contribution in [-0.2, 0) is 9.47 Å². The van der Waals surface area contributed by atoms with Crippen LogP contribution in [0, 0.1) is 0 Å². The van der Waals surface area contributed by atoms with Crippen LogP contribution in [-0.4, -0.2) is 44.1 Å². The van der Waals surface area contributed by atoms with Crippen molar-refractivity contribution in [1.29, 1.82) is 0 Å². The Bertz CT molecular complexity index is 142. The molecule has 4 heteroatoms. The van der Waals surface area contributed by atoms with Crippen molar-refractivity contribution in [3.63, 3.8) is 0 Å². The van der Waals surface area contributed by atoms with Gasteiger partial charge >= 0.3 is 0 Å². The summed E-state index contributed by atoms with van der Waals surface area (Å²) in [4.78, 5) is 0. The second-order valence-corrected chi connectivity index (χ2v) is 4.86. The van der Waals surface area contributed by atoms with Crippen LogP contribution in [0.5, 0.6) is 0 Å². The molecule has 0 amide bonds. The second-order valence-electron chi connectivity index (χ2n) is 3.39. The van der Waals surface area contributed by atoms with E-state index >= 15 is 0 Å². The highest BCUT2D eigenvalue weighted by molar-refractivity contribution is 8.00. The molecule has 3 nitrogen and oxygen atoms in total. The lowest BCUT2D eigenvalue weighted by Crippen LogP contribution is -2.37. The summed E-state index contributed by atoms with van der Waals surface area (Å²) in [5.41, 5.74) is 0. The highest BCUT2D eigenvalue weighted by Gasteiger charge is 2.21. The molecule has 0 aliphatic carbocycles. The second kappa shape index (κ2) is 5.86. The van der Waals surface area contributed by atoms with Gasteiger partial charge in [-0.2, -0.15) is 11.8 Å². The summed E-state index contributed by atoms with van der Waals surface area (Å²) in [6, 6.07) is 0.632. The van der Waals surface area contributed by atoms with Crippen LogP contribution < -0.4 is 5.32 Å². The summed E-state index contributed by atoms with van der Waals surface area (Å²) in [6.45, 7) is 3.06. The SMILES string of the molecule is COC(CNC1CSC(C)C1)OC. The zero-order chi connectivity index (χ0) is 9.68. The Morgan fingerprint density at radius 3 is 2.62 bits per heavy atom. The molecule has 1 saturated heterocycles. The molecular weight excluding hydrogens is 186 g/mol. The van der Waals surface area contributed by atoms with Crippen molar-refractivity contribution >= 4 is 11.8 Å². The average molecular weight is 205 g/mol. The molecule has 0 spiro atoms. The first-order valence-corrected chi connectivity index (χ1v) is 5.71. The molecule has 1 aliphatic heterocycles. The maximum absolute atomic E-state index is 5.09. The molecule has 0 aromatic rings. The third kappa shape index (κ3) is 3.85. The van der Waals surface area contributed by atoms with Crippen molar-refractivity contribution in [3.8, 4) is 0 Å². The Labute approximate surface area is 84.6 Å². The lowest BCUT2D eigenvalue weighted by atomic mass is 10.2. The molecule has 1 fully saturated rings. The first-order valence-electron chi connectivity index (χ1n) is 4.66. The molecule has 78 valence electrons. The van der Waals surface area contributed by atoms with Crippen LogP contribution in [0.3, 0.4) is 0 Å². The van der Waals surface area contributed by atoms with Gasteiger partial charge in [-0.1, -0.05) is 6.92 Å². The third-order valence-electron chi connectivity index (χ3n) is 2.30. The van der Waals surface area contributed by atoms with E-state index in [1.807, 2.05) is 11.8 Å². The molecule has 0 aromatic heterocycles. The van der Waals surface area contributed by atoms with E-state index in [1.54, 1.807) is 14.2 Å². The van der Waals surface area contributed by atoms with E-state index in [4.69, 9.17) is 9.47 Å². The summed E-state index contributed by atoms with van der Waals surface area (Å²) in [5, 5.41) is 4.24. The molecule has 0 saturated carbocycles. The van der Waals surface area contributed by atoms with E-state index in [-0.39, 0.29) is 6.29 Å². The normalized spacial score (nSPS) is 28.6. The van der Waals surface area contributed by atoms with Crippen LogP contribution in [0.2, 0.25) is 0 Å². The molecule has 1 heterocycles. The third-order valence-corrected chi connectivity index (χ3v) is 3.65. The van der Waals surface area contributed by atoms with Gasteiger partial charge in [0.15, 0.2) is 6.29 Å². The number of methoxy groups -OCH3 is 2. The van der Waals surface area contributed by atoms with Crippen LogP contribution >= 0.6 is 11.8 Å². The van der Waals surface area contributed by atoms with Crippen LogP contribution in [0.1, 0.15) is 13.3 Å². The Morgan fingerprint density at radius 1 is 1.46 bits per heavy atom. The van der Waals surface area contributed by atoms with Gasteiger partial charge in [-0.15, -0.1) is 0 Å². The minimum absolute atomic E-state index is 0.110. The maximum atomic E-state index is 5.09. The van der Waals surface area contributed by atoms with Gasteiger partial charge in [0.05, 0.1) is 0 Å². The van der Waals surface area contributed by atoms with Crippen LogP contribution in [0.15, 0.2) is 0 Å². The van der Waals surface area contributed by atoms with Gasteiger partial charge in [-0.3, -0.25) is 0 Å². The highest BCUT2D eigenvalue weighted by atomic mass is 32.2. The van der Waals surface area contributed by atoms with Gasteiger partial charge in [0.2, 0.25) is 0 Å². The smallest absolute Gasteiger partial charge is 0.169 e. The average Bonchev–Trinajstić information content (AvgIpc) is 2.53. The molecule has 0 aromatic carbocycles. The molecule has 1 N–H and O–H groups in total. The molecule has 1 aliphatic rings. The first-order chi connectivity index (χ1) is 6.26. The monoisotopic (exact) mass is 205 g/mol. The van der Waals surface area contributed by atoms with Crippen molar-refractivity contribution in [2.24, 2.45) is 0 Å². The van der Waals surface area contributed by atoms with Crippen molar-refractivity contribution in [2.45, 2.75) is 30.9 Å². The van der Waals surface area contributed by atoms with Crippen LogP contribution in [0.4, 0.5) is 0 Å². The summed E-state index contributed by atoms with van der Waals surface area (Å²) >= 11 is 2.03. The fraction of sp³-hybridized carbons (Fsp3) is 1.00. The summed E-state index contributed by atoms with van der Waals surface area (Å²) in [5.74, 6) is 1.21. The quantitative estimate of drug-likeness (QED) is 0.681. The van der Waals surface area contributed by atoms with E-state index < -0.39 is 0 Å². The fourth-order valence-electron chi connectivity index (χ4n) is 1.49. The van der Waals surface area contributed by atoms with E-state index in [2.05, 4.69) is 12.2 Å². The largest absolute Gasteiger partial charge is 0.355 e. The molecule has 2 unspecified atom stereocenters. The summed E-state index contributed by atoms with van der Waals surface area (Å²) in [6.07, 6.45) is 1.14. The molecule has 13 heavy (non-hydrogen) atoms. The van der Waals surface area contributed by atoms with E-state index in [0.29, 0.717) is 6.04 Å². The van der Waals surface area contributed by atoms with Gasteiger partial charge in [-0.05, 0) is 6.42 Å². The molecule has 1 rings (SSSR count). The first kappa shape index (κ1) is 11.3. The number of hydrogen-bond donors (Lipinski definition) is 1. The minimum Gasteiger partial charge on any atom is -0.355 e. The van der Waals surface area contributed by atoms with Crippen molar-refractivity contribution in [2.75, 3.05) is 26.5 Å². The molecular formula is C9H19NO2S. The number of nitrogens with one attached hydrogen (secondary N) is 1. The minimum atomic E-state index is -0.110.